The van der Waals surface area contributed by atoms with Gasteiger partial charge in [0.1, 0.15) is 11.5 Å². The highest BCUT2D eigenvalue weighted by Crippen LogP contribution is 2.24. The number of anilines is 1. The molecule has 0 unspecified atom stereocenters. The van der Waals surface area contributed by atoms with E-state index in [1.54, 1.807) is 0 Å². The first-order valence-electron chi connectivity index (χ1n) is 6.76. The molecule has 0 fully saturated rings. The molecule has 1 amide bonds. The third-order valence-corrected chi connectivity index (χ3v) is 2.79. The van der Waals surface area contributed by atoms with Crippen LogP contribution in [-0.4, -0.2) is 23.8 Å². The number of hydrogen-bond donors (Lipinski definition) is 1. The van der Waals surface area contributed by atoms with Crippen molar-refractivity contribution in [2.45, 2.75) is 6.36 Å². The van der Waals surface area contributed by atoms with Gasteiger partial charge in [-0.15, -0.1) is 13.2 Å². The van der Waals surface area contributed by atoms with Crippen molar-refractivity contribution in [3.8, 4) is 11.5 Å². The van der Waals surface area contributed by atoms with Crippen LogP contribution in [0.3, 0.4) is 0 Å². The van der Waals surface area contributed by atoms with Crippen molar-refractivity contribution in [2.24, 2.45) is 0 Å². The highest BCUT2D eigenvalue weighted by Gasteiger charge is 2.30. The van der Waals surface area contributed by atoms with Gasteiger partial charge in [-0.05, 0) is 36.4 Å². The number of non-ortho nitro benzene ring substituents is 1. The van der Waals surface area contributed by atoms with E-state index >= 15 is 0 Å². The largest absolute Gasteiger partial charge is 0.573 e. The minimum Gasteiger partial charge on any atom is -0.484 e. The molecule has 0 saturated heterocycles. The van der Waals surface area contributed by atoms with E-state index in [0.29, 0.717) is 0 Å². The van der Waals surface area contributed by atoms with Gasteiger partial charge in [-0.1, -0.05) is 0 Å². The Hall–Kier alpha value is -3.30. The van der Waals surface area contributed by atoms with E-state index in [1.807, 2.05) is 0 Å². The van der Waals surface area contributed by atoms with Crippen LogP contribution in [0.5, 0.6) is 11.5 Å². The summed E-state index contributed by atoms with van der Waals surface area (Å²) in [5.74, 6) is -0.704. The number of alkyl halides is 3. The summed E-state index contributed by atoms with van der Waals surface area (Å²) in [6.07, 6.45) is -4.79. The zero-order chi connectivity index (χ0) is 18.4. The van der Waals surface area contributed by atoms with Gasteiger partial charge in [0.05, 0.1) is 4.92 Å². The van der Waals surface area contributed by atoms with Gasteiger partial charge in [0, 0.05) is 17.8 Å². The molecular weight excluding hydrogens is 345 g/mol. The van der Waals surface area contributed by atoms with Crippen molar-refractivity contribution in [2.75, 3.05) is 11.9 Å². The third-order valence-electron chi connectivity index (χ3n) is 2.79. The van der Waals surface area contributed by atoms with E-state index in [0.717, 1.165) is 12.1 Å². The van der Waals surface area contributed by atoms with E-state index < -0.39 is 22.9 Å². The minimum absolute atomic E-state index is 0.113. The number of amides is 1. The first-order chi connectivity index (χ1) is 11.7. The lowest BCUT2D eigenvalue weighted by Gasteiger charge is -2.10. The Kier molecular flexibility index (Phi) is 5.42. The van der Waals surface area contributed by atoms with Crippen LogP contribution < -0.4 is 14.8 Å². The van der Waals surface area contributed by atoms with Crippen LogP contribution in [0.4, 0.5) is 24.5 Å². The second kappa shape index (κ2) is 7.51. The van der Waals surface area contributed by atoms with Crippen LogP contribution >= 0.6 is 0 Å². The molecule has 0 radical (unpaired) electrons. The first-order valence-corrected chi connectivity index (χ1v) is 6.76. The molecule has 132 valence electrons. The Morgan fingerprint density at radius 3 is 2.12 bits per heavy atom. The number of halogens is 3. The number of hydrogen-bond acceptors (Lipinski definition) is 5. The number of rotatable bonds is 6. The van der Waals surface area contributed by atoms with E-state index in [9.17, 15) is 28.1 Å². The van der Waals surface area contributed by atoms with Gasteiger partial charge in [-0.3, -0.25) is 14.9 Å². The summed E-state index contributed by atoms with van der Waals surface area (Å²) in [6, 6.07) is 9.73. The number of carbonyl (C=O) groups is 1. The molecule has 7 nitrogen and oxygen atoms in total. The molecule has 1 N–H and O–H groups in total. The fraction of sp³-hybridized carbons (Fsp3) is 0.133. The Morgan fingerprint density at radius 1 is 1.04 bits per heavy atom. The number of nitrogens with one attached hydrogen (secondary N) is 1. The summed E-state index contributed by atoms with van der Waals surface area (Å²) in [6.45, 7) is -0.376. The van der Waals surface area contributed by atoms with Gasteiger partial charge < -0.3 is 14.8 Å². The van der Waals surface area contributed by atoms with Gasteiger partial charge in [0.2, 0.25) is 0 Å². The molecule has 2 aromatic carbocycles. The zero-order valence-electron chi connectivity index (χ0n) is 12.4. The standard InChI is InChI=1S/C15H11F3N2O5/c16-15(17,18)25-13-5-1-10(2-6-13)19-14(21)9-24-12-7-3-11(4-8-12)20(22)23/h1-8H,9H2,(H,19,21). The summed E-state index contributed by atoms with van der Waals surface area (Å²) in [4.78, 5) is 21.7. The Labute approximate surface area is 139 Å². The molecule has 0 aliphatic heterocycles. The normalized spacial score (nSPS) is 10.8. The van der Waals surface area contributed by atoms with E-state index in [1.165, 1.54) is 36.4 Å². The summed E-state index contributed by atoms with van der Waals surface area (Å²) >= 11 is 0. The van der Waals surface area contributed by atoms with E-state index in [-0.39, 0.29) is 23.7 Å². The summed E-state index contributed by atoms with van der Waals surface area (Å²) < 4.78 is 45.0. The minimum atomic E-state index is -4.79. The van der Waals surface area contributed by atoms with Gasteiger partial charge in [0.25, 0.3) is 11.6 Å². The number of nitro benzene ring substituents is 1. The topological polar surface area (TPSA) is 90.7 Å². The van der Waals surface area contributed by atoms with Crippen LogP contribution in [-0.2, 0) is 4.79 Å². The van der Waals surface area contributed by atoms with Gasteiger partial charge in [0.15, 0.2) is 6.61 Å². The highest BCUT2D eigenvalue weighted by molar-refractivity contribution is 5.91. The van der Waals surface area contributed by atoms with Crippen molar-refractivity contribution < 1.29 is 32.4 Å². The molecule has 0 bridgehead atoms. The van der Waals surface area contributed by atoms with Crippen LogP contribution in [0.15, 0.2) is 48.5 Å². The van der Waals surface area contributed by atoms with E-state index in [4.69, 9.17) is 4.74 Å². The maximum absolute atomic E-state index is 12.0. The molecule has 0 spiro atoms. The van der Waals surface area contributed by atoms with Crippen molar-refractivity contribution in [3.63, 3.8) is 0 Å². The predicted molar refractivity (Wildman–Crippen MR) is 80.3 cm³/mol. The quantitative estimate of drug-likeness (QED) is 0.632. The SMILES string of the molecule is O=C(COc1ccc([N+](=O)[O-])cc1)Nc1ccc(OC(F)(F)F)cc1. The zero-order valence-corrected chi connectivity index (χ0v) is 12.4. The molecule has 0 saturated carbocycles. The van der Waals surface area contributed by atoms with Crippen LogP contribution in [0.2, 0.25) is 0 Å². The predicted octanol–water partition coefficient (Wildman–Crippen LogP) is 3.51. The van der Waals surface area contributed by atoms with Crippen molar-refractivity contribution >= 4 is 17.3 Å². The van der Waals surface area contributed by atoms with Crippen molar-refractivity contribution in [1.82, 2.24) is 0 Å². The molecule has 0 aliphatic carbocycles. The molecule has 0 aromatic heterocycles. The summed E-state index contributed by atoms with van der Waals surface area (Å²) in [7, 11) is 0. The maximum atomic E-state index is 12.0. The molecule has 0 atom stereocenters. The maximum Gasteiger partial charge on any atom is 0.573 e. The van der Waals surface area contributed by atoms with Gasteiger partial charge in [-0.25, -0.2) is 0 Å². The van der Waals surface area contributed by atoms with Crippen molar-refractivity contribution in [1.29, 1.82) is 0 Å². The fourth-order valence-corrected chi connectivity index (χ4v) is 1.75. The number of carbonyl (C=O) groups excluding carboxylic acids is 1. The molecule has 0 aliphatic rings. The number of ether oxygens (including phenoxy) is 2. The molecule has 2 aromatic rings. The number of benzene rings is 2. The van der Waals surface area contributed by atoms with Crippen LogP contribution in [0.1, 0.15) is 0 Å². The lowest BCUT2D eigenvalue weighted by molar-refractivity contribution is -0.384. The van der Waals surface area contributed by atoms with Gasteiger partial charge in [-0.2, -0.15) is 0 Å². The monoisotopic (exact) mass is 356 g/mol. The van der Waals surface area contributed by atoms with E-state index in [2.05, 4.69) is 10.1 Å². The smallest absolute Gasteiger partial charge is 0.484 e. The van der Waals surface area contributed by atoms with Crippen LogP contribution in [0, 0.1) is 10.1 Å². The molecule has 0 heterocycles. The fourth-order valence-electron chi connectivity index (χ4n) is 1.75. The average Bonchev–Trinajstić information content (AvgIpc) is 2.54. The lowest BCUT2D eigenvalue weighted by atomic mass is 10.3. The third kappa shape index (κ3) is 6.01. The average molecular weight is 356 g/mol. The van der Waals surface area contributed by atoms with Crippen LogP contribution in [0.25, 0.3) is 0 Å². The Balaban J connectivity index is 1.84. The second-order valence-electron chi connectivity index (χ2n) is 4.66. The van der Waals surface area contributed by atoms with Gasteiger partial charge >= 0.3 is 6.36 Å². The summed E-state index contributed by atoms with van der Waals surface area (Å²) in [5, 5.41) is 12.9. The Morgan fingerprint density at radius 2 is 1.60 bits per heavy atom. The lowest BCUT2D eigenvalue weighted by Crippen LogP contribution is -2.20. The van der Waals surface area contributed by atoms with Crippen molar-refractivity contribution in [3.05, 3.63) is 58.6 Å². The Bertz CT molecular complexity index is 745. The molecule has 25 heavy (non-hydrogen) atoms. The summed E-state index contributed by atoms with van der Waals surface area (Å²) in [5.41, 5.74) is 0.143. The molecule has 2 rings (SSSR count). The first kappa shape index (κ1) is 18.0. The molecular formula is C15H11F3N2O5. The highest BCUT2D eigenvalue weighted by atomic mass is 19.4. The number of nitrogens with zero attached hydrogens (tertiary/aromatic N) is 1. The second-order valence-corrected chi connectivity index (χ2v) is 4.66. The number of nitro groups is 1. The molecule has 10 heteroatoms.